The molecule has 0 spiro atoms. The third-order valence-electron chi connectivity index (χ3n) is 5.03. The van der Waals surface area contributed by atoms with Crippen molar-refractivity contribution in [2.45, 2.75) is 31.7 Å². The SMILES string of the molecule is O=C(Cc1ccccc1F)N1CCCCC1c1cc2ccccc2[nH]1. The molecule has 1 atom stereocenters. The minimum absolute atomic E-state index is 0.00606. The van der Waals surface area contributed by atoms with Crippen molar-refractivity contribution in [3.8, 4) is 0 Å². The topological polar surface area (TPSA) is 36.1 Å². The lowest BCUT2D eigenvalue weighted by atomic mass is 9.98. The van der Waals surface area contributed by atoms with Crippen LogP contribution >= 0.6 is 0 Å². The summed E-state index contributed by atoms with van der Waals surface area (Å²) in [6.07, 6.45) is 3.16. The van der Waals surface area contributed by atoms with Crippen LogP contribution in [0, 0.1) is 5.82 Å². The Morgan fingerprint density at radius 2 is 1.92 bits per heavy atom. The molecular formula is C21H21FN2O. The van der Waals surface area contributed by atoms with Gasteiger partial charge in [-0.05, 0) is 48.4 Å². The van der Waals surface area contributed by atoms with Crippen molar-refractivity contribution in [1.29, 1.82) is 0 Å². The molecule has 25 heavy (non-hydrogen) atoms. The minimum Gasteiger partial charge on any atom is -0.357 e. The summed E-state index contributed by atoms with van der Waals surface area (Å²) in [5.41, 5.74) is 2.63. The first-order valence-electron chi connectivity index (χ1n) is 8.83. The normalized spacial score (nSPS) is 17.8. The fourth-order valence-corrected chi connectivity index (χ4v) is 3.73. The van der Waals surface area contributed by atoms with Gasteiger partial charge in [-0.3, -0.25) is 4.79 Å². The molecule has 1 aliphatic heterocycles. The number of hydrogen-bond acceptors (Lipinski definition) is 1. The van der Waals surface area contributed by atoms with E-state index in [2.05, 4.69) is 17.1 Å². The smallest absolute Gasteiger partial charge is 0.227 e. The highest BCUT2D eigenvalue weighted by Gasteiger charge is 2.29. The maximum absolute atomic E-state index is 13.9. The second-order valence-corrected chi connectivity index (χ2v) is 6.68. The molecule has 2 heterocycles. The number of benzene rings is 2. The number of nitrogens with one attached hydrogen (secondary N) is 1. The number of piperidine rings is 1. The number of aromatic nitrogens is 1. The van der Waals surface area contributed by atoms with E-state index in [-0.39, 0.29) is 24.2 Å². The average Bonchev–Trinajstić information content (AvgIpc) is 3.07. The monoisotopic (exact) mass is 336 g/mol. The third-order valence-corrected chi connectivity index (χ3v) is 5.03. The third kappa shape index (κ3) is 3.16. The van der Waals surface area contributed by atoms with E-state index in [4.69, 9.17) is 0 Å². The van der Waals surface area contributed by atoms with Gasteiger partial charge in [-0.1, -0.05) is 36.4 Å². The van der Waals surface area contributed by atoms with E-state index in [1.165, 1.54) is 6.07 Å². The lowest BCUT2D eigenvalue weighted by Crippen LogP contribution is -2.39. The van der Waals surface area contributed by atoms with Crippen LogP contribution in [0.15, 0.2) is 54.6 Å². The van der Waals surface area contributed by atoms with E-state index in [1.807, 2.05) is 23.1 Å². The molecule has 1 unspecified atom stereocenters. The van der Waals surface area contributed by atoms with Gasteiger partial charge in [0.05, 0.1) is 12.5 Å². The largest absolute Gasteiger partial charge is 0.357 e. The standard InChI is InChI=1S/C21H21FN2O/c22-17-9-3-1-7-15(17)14-21(25)24-12-6-5-11-20(24)19-13-16-8-2-4-10-18(16)23-19/h1-4,7-10,13,20,23H,5-6,11-12,14H2. The first-order chi connectivity index (χ1) is 12.2. The van der Waals surface area contributed by atoms with Crippen molar-refractivity contribution in [2.24, 2.45) is 0 Å². The Labute approximate surface area is 146 Å². The highest BCUT2D eigenvalue weighted by molar-refractivity contribution is 5.82. The Bertz CT molecular complexity index is 869. The Morgan fingerprint density at radius 1 is 1.12 bits per heavy atom. The lowest BCUT2D eigenvalue weighted by Gasteiger charge is -2.35. The van der Waals surface area contributed by atoms with Crippen LogP contribution in [-0.2, 0) is 11.2 Å². The zero-order chi connectivity index (χ0) is 17.2. The summed E-state index contributed by atoms with van der Waals surface area (Å²) >= 11 is 0. The predicted molar refractivity (Wildman–Crippen MR) is 96.7 cm³/mol. The molecule has 3 aromatic rings. The molecular weight excluding hydrogens is 315 g/mol. The maximum Gasteiger partial charge on any atom is 0.227 e. The van der Waals surface area contributed by atoms with Crippen molar-refractivity contribution in [3.05, 3.63) is 71.7 Å². The molecule has 0 bridgehead atoms. The predicted octanol–water partition coefficient (Wildman–Crippen LogP) is 4.60. The van der Waals surface area contributed by atoms with Gasteiger partial charge in [-0.25, -0.2) is 4.39 Å². The molecule has 4 rings (SSSR count). The van der Waals surface area contributed by atoms with E-state index >= 15 is 0 Å². The number of rotatable bonds is 3. The molecule has 1 amide bonds. The van der Waals surface area contributed by atoms with Crippen LogP contribution in [0.4, 0.5) is 4.39 Å². The zero-order valence-corrected chi connectivity index (χ0v) is 14.0. The van der Waals surface area contributed by atoms with Gasteiger partial charge in [0.25, 0.3) is 0 Å². The van der Waals surface area contributed by atoms with Gasteiger partial charge < -0.3 is 9.88 Å². The van der Waals surface area contributed by atoms with Crippen LogP contribution in [0.3, 0.4) is 0 Å². The first-order valence-corrected chi connectivity index (χ1v) is 8.83. The molecule has 1 saturated heterocycles. The summed E-state index contributed by atoms with van der Waals surface area (Å²) < 4.78 is 13.9. The van der Waals surface area contributed by atoms with Crippen molar-refractivity contribution >= 4 is 16.8 Å². The van der Waals surface area contributed by atoms with Gasteiger partial charge in [0.1, 0.15) is 5.82 Å². The van der Waals surface area contributed by atoms with E-state index in [0.29, 0.717) is 5.56 Å². The number of H-pyrrole nitrogens is 1. The highest BCUT2D eigenvalue weighted by atomic mass is 19.1. The van der Waals surface area contributed by atoms with E-state index in [0.717, 1.165) is 42.4 Å². The molecule has 2 aromatic carbocycles. The van der Waals surface area contributed by atoms with Crippen molar-refractivity contribution < 1.29 is 9.18 Å². The average molecular weight is 336 g/mol. The maximum atomic E-state index is 13.9. The number of para-hydroxylation sites is 1. The highest BCUT2D eigenvalue weighted by Crippen LogP contribution is 2.32. The van der Waals surface area contributed by atoms with Gasteiger partial charge in [0.2, 0.25) is 5.91 Å². The number of likely N-dealkylation sites (tertiary alicyclic amines) is 1. The summed E-state index contributed by atoms with van der Waals surface area (Å²) in [4.78, 5) is 18.2. The lowest BCUT2D eigenvalue weighted by molar-refractivity contribution is -0.134. The summed E-state index contributed by atoms with van der Waals surface area (Å²) in [5, 5.41) is 1.16. The van der Waals surface area contributed by atoms with Crippen molar-refractivity contribution in [2.75, 3.05) is 6.54 Å². The van der Waals surface area contributed by atoms with Crippen LogP contribution in [0.5, 0.6) is 0 Å². The van der Waals surface area contributed by atoms with E-state index in [9.17, 15) is 9.18 Å². The van der Waals surface area contributed by atoms with Crippen LogP contribution in [-0.4, -0.2) is 22.3 Å². The summed E-state index contributed by atoms with van der Waals surface area (Å²) in [6, 6.07) is 16.8. The van der Waals surface area contributed by atoms with Crippen molar-refractivity contribution in [3.63, 3.8) is 0 Å². The molecule has 1 N–H and O–H groups in total. The molecule has 0 aliphatic carbocycles. The summed E-state index contributed by atoms with van der Waals surface area (Å²) in [7, 11) is 0. The fourth-order valence-electron chi connectivity index (χ4n) is 3.73. The molecule has 3 nitrogen and oxygen atoms in total. The number of aromatic amines is 1. The van der Waals surface area contributed by atoms with E-state index in [1.54, 1.807) is 18.2 Å². The molecule has 4 heteroatoms. The van der Waals surface area contributed by atoms with Gasteiger partial charge in [-0.2, -0.15) is 0 Å². The summed E-state index contributed by atoms with van der Waals surface area (Å²) in [6.45, 7) is 0.729. The van der Waals surface area contributed by atoms with Crippen LogP contribution < -0.4 is 0 Å². The number of nitrogens with zero attached hydrogens (tertiary/aromatic N) is 1. The Hall–Kier alpha value is -2.62. The van der Waals surface area contributed by atoms with Gasteiger partial charge in [0, 0.05) is 17.8 Å². The quantitative estimate of drug-likeness (QED) is 0.745. The van der Waals surface area contributed by atoms with E-state index < -0.39 is 0 Å². The summed E-state index contributed by atoms with van der Waals surface area (Å²) in [5.74, 6) is -0.316. The zero-order valence-electron chi connectivity index (χ0n) is 14.0. The number of carbonyl (C=O) groups is 1. The molecule has 1 aromatic heterocycles. The molecule has 0 radical (unpaired) electrons. The Balaban J connectivity index is 1.60. The molecule has 128 valence electrons. The molecule has 1 fully saturated rings. The number of hydrogen-bond donors (Lipinski definition) is 1. The molecule has 1 aliphatic rings. The number of fused-ring (bicyclic) bond motifs is 1. The molecule has 0 saturated carbocycles. The first kappa shape index (κ1) is 15.9. The van der Waals surface area contributed by atoms with Crippen molar-refractivity contribution in [1.82, 2.24) is 9.88 Å². The Morgan fingerprint density at radius 3 is 2.76 bits per heavy atom. The van der Waals surface area contributed by atoms with Crippen LogP contribution in [0.2, 0.25) is 0 Å². The van der Waals surface area contributed by atoms with Gasteiger partial charge in [-0.15, -0.1) is 0 Å². The number of halogens is 1. The van der Waals surface area contributed by atoms with Gasteiger partial charge >= 0.3 is 0 Å². The number of amides is 1. The Kier molecular flexibility index (Phi) is 4.26. The minimum atomic E-state index is -0.310. The second-order valence-electron chi connectivity index (χ2n) is 6.68. The fraction of sp³-hybridized carbons (Fsp3) is 0.286. The second kappa shape index (κ2) is 6.71. The number of carbonyl (C=O) groups excluding carboxylic acids is 1. The van der Waals surface area contributed by atoms with Crippen LogP contribution in [0.25, 0.3) is 10.9 Å². The van der Waals surface area contributed by atoms with Crippen LogP contribution in [0.1, 0.15) is 36.6 Å². The van der Waals surface area contributed by atoms with Gasteiger partial charge in [0.15, 0.2) is 0 Å².